The molecular formula is C17H22N4O3. The predicted octanol–water partition coefficient (Wildman–Crippen LogP) is 1.66. The molecule has 2 N–H and O–H groups in total. The summed E-state index contributed by atoms with van der Waals surface area (Å²) in [6.45, 7) is 6.91. The van der Waals surface area contributed by atoms with Crippen LogP contribution in [0, 0.1) is 0 Å². The number of hydrogen-bond donors (Lipinski definition) is 1. The van der Waals surface area contributed by atoms with Gasteiger partial charge >= 0.3 is 5.97 Å². The van der Waals surface area contributed by atoms with E-state index in [2.05, 4.69) is 9.88 Å². The van der Waals surface area contributed by atoms with Crippen LogP contribution in [0.2, 0.25) is 0 Å². The predicted molar refractivity (Wildman–Crippen MR) is 91.1 cm³/mol. The molecule has 0 amide bonds. The van der Waals surface area contributed by atoms with E-state index in [0.29, 0.717) is 30.9 Å². The van der Waals surface area contributed by atoms with E-state index in [0.717, 1.165) is 30.0 Å². The molecule has 1 aliphatic rings. The monoisotopic (exact) mass is 330 g/mol. The summed E-state index contributed by atoms with van der Waals surface area (Å²) in [4.78, 5) is 23.4. The normalized spacial score (nSPS) is 16.2. The van der Waals surface area contributed by atoms with Crippen molar-refractivity contribution >= 4 is 22.8 Å². The van der Waals surface area contributed by atoms with Gasteiger partial charge in [-0.3, -0.25) is 4.98 Å². The minimum absolute atomic E-state index is 0.267. The summed E-state index contributed by atoms with van der Waals surface area (Å²) < 4.78 is 10.5. The first-order valence-electron chi connectivity index (χ1n) is 8.16. The molecule has 0 aliphatic carbocycles. The van der Waals surface area contributed by atoms with Gasteiger partial charge in [-0.25, -0.2) is 9.78 Å². The summed E-state index contributed by atoms with van der Waals surface area (Å²) in [7, 11) is 0. The third kappa shape index (κ3) is 3.32. The topological polar surface area (TPSA) is 90.6 Å². The van der Waals surface area contributed by atoms with E-state index in [9.17, 15) is 4.79 Å². The average Bonchev–Trinajstić information content (AvgIpc) is 2.61. The number of anilines is 1. The first-order chi connectivity index (χ1) is 11.6. The molecule has 7 heteroatoms. The number of aromatic nitrogens is 2. The standard InChI is InChI=1S/C17H22N4O3/c1-3-24-17(22)12-8-13(11(2)18)16-14(9-12)19-10-15(20-16)21-4-6-23-7-5-21/h8-11H,3-7,18H2,1-2H3. The Morgan fingerprint density at radius 1 is 1.42 bits per heavy atom. The van der Waals surface area contributed by atoms with Crippen LogP contribution in [-0.4, -0.2) is 48.8 Å². The van der Waals surface area contributed by atoms with Gasteiger partial charge in [0.1, 0.15) is 5.82 Å². The van der Waals surface area contributed by atoms with Gasteiger partial charge in [0.05, 0.1) is 42.6 Å². The lowest BCUT2D eigenvalue weighted by atomic mass is 10.0. The van der Waals surface area contributed by atoms with Crippen molar-refractivity contribution < 1.29 is 14.3 Å². The van der Waals surface area contributed by atoms with Crippen molar-refractivity contribution in [2.75, 3.05) is 37.8 Å². The molecular weight excluding hydrogens is 308 g/mol. The molecule has 24 heavy (non-hydrogen) atoms. The fourth-order valence-electron chi connectivity index (χ4n) is 2.76. The summed E-state index contributed by atoms with van der Waals surface area (Å²) in [5.41, 5.74) is 8.70. The maximum Gasteiger partial charge on any atom is 0.338 e. The van der Waals surface area contributed by atoms with Gasteiger partial charge in [0, 0.05) is 19.1 Å². The minimum Gasteiger partial charge on any atom is -0.462 e. The highest BCUT2D eigenvalue weighted by Gasteiger charge is 2.18. The zero-order chi connectivity index (χ0) is 17.1. The molecule has 0 saturated carbocycles. The van der Waals surface area contributed by atoms with Crippen molar-refractivity contribution in [3.63, 3.8) is 0 Å². The second-order valence-corrected chi connectivity index (χ2v) is 5.77. The van der Waals surface area contributed by atoms with Crippen LogP contribution in [0.5, 0.6) is 0 Å². The molecule has 1 aliphatic heterocycles. The van der Waals surface area contributed by atoms with Crippen LogP contribution in [0.3, 0.4) is 0 Å². The lowest BCUT2D eigenvalue weighted by molar-refractivity contribution is 0.0526. The highest BCUT2D eigenvalue weighted by molar-refractivity contribution is 5.95. The molecule has 1 aromatic carbocycles. The molecule has 1 aromatic heterocycles. The third-order valence-electron chi connectivity index (χ3n) is 4.00. The molecule has 2 heterocycles. The van der Waals surface area contributed by atoms with Crippen LogP contribution in [0.1, 0.15) is 35.8 Å². The van der Waals surface area contributed by atoms with Crippen LogP contribution in [0.15, 0.2) is 18.3 Å². The van der Waals surface area contributed by atoms with Crippen LogP contribution in [-0.2, 0) is 9.47 Å². The second kappa shape index (κ2) is 7.11. The van der Waals surface area contributed by atoms with Crippen LogP contribution in [0.25, 0.3) is 11.0 Å². The van der Waals surface area contributed by atoms with Crippen molar-refractivity contribution in [3.05, 3.63) is 29.5 Å². The molecule has 1 unspecified atom stereocenters. The Morgan fingerprint density at radius 2 is 2.17 bits per heavy atom. The first-order valence-corrected chi connectivity index (χ1v) is 8.16. The van der Waals surface area contributed by atoms with E-state index in [-0.39, 0.29) is 12.0 Å². The number of benzene rings is 1. The second-order valence-electron chi connectivity index (χ2n) is 5.77. The Hall–Kier alpha value is -2.25. The number of esters is 1. The third-order valence-corrected chi connectivity index (χ3v) is 4.00. The lowest BCUT2D eigenvalue weighted by Crippen LogP contribution is -2.36. The number of morpholine rings is 1. The Balaban J connectivity index is 2.06. The van der Waals surface area contributed by atoms with Crippen molar-refractivity contribution in [2.45, 2.75) is 19.9 Å². The van der Waals surface area contributed by atoms with Crippen molar-refractivity contribution in [1.29, 1.82) is 0 Å². The number of fused-ring (bicyclic) bond motifs is 1. The molecule has 0 bridgehead atoms. The van der Waals surface area contributed by atoms with Gasteiger partial charge < -0.3 is 20.1 Å². The van der Waals surface area contributed by atoms with Crippen LogP contribution >= 0.6 is 0 Å². The average molecular weight is 330 g/mol. The highest BCUT2D eigenvalue weighted by atomic mass is 16.5. The van der Waals surface area contributed by atoms with Crippen LogP contribution < -0.4 is 10.6 Å². The van der Waals surface area contributed by atoms with Gasteiger partial charge in [-0.2, -0.15) is 0 Å². The number of ether oxygens (including phenoxy) is 2. The maximum atomic E-state index is 12.0. The summed E-state index contributed by atoms with van der Waals surface area (Å²) >= 11 is 0. The molecule has 3 rings (SSSR count). The van der Waals surface area contributed by atoms with Gasteiger partial charge in [0.15, 0.2) is 0 Å². The number of nitrogens with zero attached hydrogens (tertiary/aromatic N) is 3. The number of nitrogens with two attached hydrogens (primary N) is 1. The summed E-state index contributed by atoms with van der Waals surface area (Å²) in [6, 6.07) is 3.19. The van der Waals surface area contributed by atoms with Gasteiger partial charge in [-0.1, -0.05) is 0 Å². The molecule has 128 valence electrons. The quantitative estimate of drug-likeness (QED) is 0.853. The zero-order valence-electron chi connectivity index (χ0n) is 14.0. The fourth-order valence-corrected chi connectivity index (χ4v) is 2.76. The Bertz CT molecular complexity index is 742. The summed E-state index contributed by atoms with van der Waals surface area (Å²) in [5.74, 6) is 0.428. The summed E-state index contributed by atoms with van der Waals surface area (Å²) in [6.07, 6.45) is 1.73. The molecule has 0 radical (unpaired) electrons. The smallest absolute Gasteiger partial charge is 0.338 e. The summed E-state index contributed by atoms with van der Waals surface area (Å²) in [5, 5.41) is 0. The number of carbonyl (C=O) groups excluding carboxylic acids is 1. The van der Waals surface area contributed by atoms with E-state index in [1.165, 1.54) is 0 Å². The van der Waals surface area contributed by atoms with Crippen molar-refractivity contribution in [2.24, 2.45) is 5.73 Å². The molecule has 7 nitrogen and oxygen atoms in total. The Labute approximate surface area is 140 Å². The molecule has 1 saturated heterocycles. The van der Waals surface area contributed by atoms with E-state index < -0.39 is 0 Å². The Morgan fingerprint density at radius 3 is 2.83 bits per heavy atom. The van der Waals surface area contributed by atoms with E-state index >= 15 is 0 Å². The number of carbonyl (C=O) groups is 1. The van der Waals surface area contributed by atoms with Crippen molar-refractivity contribution in [3.8, 4) is 0 Å². The Kier molecular flexibility index (Phi) is 4.92. The van der Waals surface area contributed by atoms with E-state index in [1.807, 2.05) is 6.92 Å². The van der Waals surface area contributed by atoms with Crippen molar-refractivity contribution in [1.82, 2.24) is 9.97 Å². The lowest BCUT2D eigenvalue weighted by Gasteiger charge is -2.27. The van der Waals surface area contributed by atoms with Gasteiger partial charge in [0.25, 0.3) is 0 Å². The zero-order valence-corrected chi connectivity index (χ0v) is 14.0. The van der Waals surface area contributed by atoms with Crippen LogP contribution in [0.4, 0.5) is 5.82 Å². The SMILES string of the molecule is CCOC(=O)c1cc(C(C)N)c2nc(N3CCOCC3)cnc2c1. The molecule has 0 spiro atoms. The van der Waals surface area contributed by atoms with E-state index in [4.69, 9.17) is 20.2 Å². The number of rotatable bonds is 4. The van der Waals surface area contributed by atoms with Gasteiger partial charge in [-0.15, -0.1) is 0 Å². The molecule has 1 atom stereocenters. The fraction of sp³-hybridized carbons (Fsp3) is 0.471. The minimum atomic E-state index is -0.375. The maximum absolute atomic E-state index is 12.0. The molecule has 1 fully saturated rings. The highest BCUT2D eigenvalue weighted by Crippen LogP contribution is 2.25. The molecule has 2 aromatic rings. The largest absolute Gasteiger partial charge is 0.462 e. The first kappa shape index (κ1) is 16.6. The number of hydrogen-bond acceptors (Lipinski definition) is 7. The van der Waals surface area contributed by atoms with Gasteiger partial charge in [-0.05, 0) is 31.5 Å². The van der Waals surface area contributed by atoms with E-state index in [1.54, 1.807) is 25.3 Å². The van der Waals surface area contributed by atoms with Gasteiger partial charge in [0.2, 0.25) is 0 Å².